The molecule has 0 bridgehead atoms. The SMILES string of the molecule is C[C@@H]1C(=O)N([C@H](C)c2ccccc2)[C@@H]1C(F)(F)F. The maximum absolute atomic E-state index is 12.9. The topological polar surface area (TPSA) is 20.3 Å². The quantitative estimate of drug-likeness (QED) is 0.745. The summed E-state index contributed by atoms with van der Waals surface area (Å²) in [6.45, 7) is 2.95. The average Bonchev–Trinajstić information content (AvgIpc) is 2.33. The molecular formula is C13H14F3NO. The number of amides is 1. The third-order valence-corrected chi connectivity index (χ3v) is 3.45. The number of β-lactam (4-membered cyclic amide) rings is 1. The Morgan fingerprint density at radius 2 is 1.78 bits per heavy atom. The van der Waals surface area contributed by atoms with Gasteiger partial charge in [-0.15, -0.1) is 0 Å². The van der Waals surface area contributed by atoms with Gasteiger partial charge in [0, 0.05) is 0 Å². The summed E-state index contributed by atoms with van der Waals surface area (Å²) in [4.78, 5) is 12.6. The van der Waals surface area contributed by atoms with E-state index in [9.17, 15) is 18.0 Å². The van der Waals surface area contributed by atoms with E-state index in [1.54, 1.807) is 37.3 Å². The largest absolute Gasteiger partial charge is 0.409 e. The third-order valence-electron chi connectivity index (χ3n) is 3.45. The molecule has 1 aliphatic rings. The molecule has 1 aliphatic heterocycles. The highest BCUT2D eigenvalue weighted by Gasteiger charge is 2.59. The molecule has 98 valence electrons. The van der Waals surface area contributed by atoms with E-state index in [1.807, 2.05) is 0 Å². The van der Waals surface area contributed by atoms with Crippen LogP contribution in [0.2, 0.25) is 0 Å². The zero-order valence-electron chi connectivity index (χ0n) is 10.1. The summed E-state index contributed by atoms with van der Waals surface area (Å²) in [6.07, 6.45) is -4.36. The van der Waals surface area contributed by atoms with Crippen molar-refractivity contribution >= 4 is 5.91 Å². The monoisotopic (exact) mass is 257 g/mol. The Labute approximate surface area is 103 Å². The van der Waals surface area contributed by atoms with E-state index >= 15 is 0 Å². The summed E-state index contributed by atoms with van der Waals surface area (Å²) >= 11 is 0. The first-order valence-corrected chi connectivity index (χ1v) is 5.78. The molecule has 5 heteroatoms. The van der Waals surface area contributed by atoms with Crippen LogP contribution in [0.5, 0.6) is 0 Å². The minimum absolute atomic E-state index is 0.436. The lowest BCUT2D eigenvalue weighted by Crippen LogP contribution is -2.66. The van der Waals surface area contributed by atoms with Crippen molar-refractivity contribution in [1.82, 2.24) is 4.90 Å². The predicted octanol–water partition coefficient (Wildman–Crippen LogP) is 3.16. The van der Waals surface area contributed by atoms with Crippen LogP contribution in [-0.4, -0.2) is 23.0 Å². The minimum Gasteiger partial charge on any atom is -0.323 e. The molecule has 1 amide bonds. The van der Waals surface area contributed by atoms with E-state index in [0.717, 1.165) is 4.90 Å². The van der Waals surface area contributed by atoms with Crippen LogP contribution in [0.15, 0.2) is 30.3 Å². The minimum atomic E-state index is -4.36. The summed E-state index contributed by atoms with van der Waals surface area (Å²) in [5, 5.41) is 0. The third kappa shape index (κ3) is 1.98. The van der Waals surface area contributed by atoms with E-state index < -0.39 is 30.1 Å². The molecule has 1 aromatic rings. The van der Waals surface area contributed by atoms with Crippen molar-refractivity contribution in [2.45, 2.75) is 32.1 Å². The van der Waals surface area contributed by atoms with Gasteiger partial charge >= 0.3 is 6.18 Å². The summed E-state index contributed by atoms with van der Waals surface area (Å²) in [6, 6.07) is 6.53. The number of rotatable bonds is 2. The molecular weight excluding hydrogens is 243 g/mol. The van der Waals surface area contributed by atoms with Crippen LogP contribution in [0.4, 0.5) is 13.2 Å². The van der Waals surface area contributed by atoms with E-state index in [1.165, 1.54) is 6.92 Å². The van der Waals surface area contributed by atoms with Crippen molar-refractivity contribution in [2.75, 3.05) is 0 Å². The lowest BCUT2D eigenvalue weighted by atomic mass is 9.85. The molecule has 1 fully saturated rings. The van der Waals surface area contributed by atoms with Gasteiger partial charge in [0.15, 0.2) is 0 Å². The number of likely N-dealkylation sites (tertiary alicyclic amines) is 1. The normalized spacial score (nSPS) is 25.8. The number of nitrogens with zero attached hydrogens (tertiary/aromatic N) is 1. The molecule has 18 heavy (non-hydrogen) atoms. The Bertz CT molecular complexity index is 443. The van der Waals surface area contributed by atoms with E-state index in [-0.39, 0.29) is 0 Å². The second-order valence-corrected chi connectivity index (χ2v) is 4.61. The zero-order chi connectivity index (χ0) is 13.5. The average molecular weight is 257 g/mol. The van der Waals surface area contributed by atoms with Gasteiger partial charge in [-0.05, 0) is 12.5 Å². The molecule has 0 saturated carbocycles. The van der Waals surface area contributed by atoms with Gasteiger partial charge in [0.1, 0.15) is 6.04 Å². The Hall–Kier alpha value is -1.52. The summed E-state index contributed by atoms with van der Waals surface area (Å²) in [5.74, 6) is -1.41. The molecule has 0 unspecified atom stereocenters. The number of halogens is 3. The van der Waals surface area contributed by atoms with Crippen molar-refractivity contribution < 1.29 is 18.0 Å². The first-order chi connectivity index (χ1) is 8.34. The van der Waals surface area contributed by atoms with E-state index in [2.05, 4.69) is 0 Å². The van der Waals surface area contributed by atoms with Crippen LogP contribution in [0, 0.1) is 5.92 Å². The fourth-order valence-electron chi connectivity index (χ4n) is 2.43. The Morgan fingerprint density at radius 3 is 2.28 bits per heavy atom. The molecule has 0 spiro atoms. The molecule has 1 aromatic carbocycles. The second kappa shape index (κ2) is 4.30. The smallest absolute Gasteiger partial charge is 0.323 e. The maximum atomic E-state index is 12.9. The van der Waals surface area contributed by atoms with E-state index in [0.29, 0.717) is 5.56 Å². The number of hydrogen-bond donors (Lipinski definition) is 0. The van der Waals surface area contributed by atoms with Crippen LogP contribution < -0.4 is 0 Å². The predicted molar refractivity (Wildman–Crippen MR) is 60.7 cm³/mol. The molecule has 3 atom stereocenters. The fourth-order valence-corrected chi connectivity index (χ4v) is 2.43. The number of carbonyl (C=O) groups is 1. The van der Waals surface area contributed by atoms with Gasteiger partial charge in [-0.3, -0.25) is 4.79 Å². The lowest BCUT2D eigenvalue weighted by Gasteiger charge is -2.49. The number of carbonyl (C=O) groups excluding carboxylic acids is 1. The fraction of sp³-hybridized carbons (Fsp3) is 0.462. The highest BCUT2D eigenvalue weighted by molar-refractivity contribution is 5.86. The van der Waals surface area contributed by atoms with Crippen LogP contribution in [0.1, 0.15) is 25.5 Å². The number of benzene rings is 1. The van der Waals surface area contributed by atoms with Crippen molar-refractivity contribution in [3.63, 3.8) is 0 Å². The van der Waals surface area contributed by atoms with Crippen LogP contribution in [0.3, 0.4) is 0 Å². The van der Waals surface area contributed by atoms with Crippen molar-refractivity contribution in [2.24, 2.45) is 5.92 Å². The lowest BCUT2D eigenvalue weighted by molar-refractivity contribution is -0.234. The first-order valence-electron chi connectivity index (χ1n) is 5.78. The van der Waals surface area contributed by atoms with Gasteiger partial charge in [0.05, 0.1) is 12.0 Å². The Balaban J connectivity index is 2.25. The summed E-state index contributed by atoms with van der Waals surface area (Å²) < 4.78 is 38.6. The Kier molecular flexibility index (Phi) is 3.09. The van der Waals surface area contributed by atoms with Gasteiger partial charge in [0.2, 0.25) is 5.91 Å². The molecule has 2 rings (SSSR count). The molecule has 1 heterocycles. The highest BCUT2D eigenvalue weighted by Crippen LogP contribution is 2.43. The van der Waals surface area contributed by atoms with Gasteiger partial charge in [-0.2, -0.15) is 13.2 Å². The molecule has 0 aliphatic carbocycles. The molecule has 0 aromatic heterocycles. The standard InChI is InChI=1S/C13H14F3NO/c1-8-11(13(14,15)16)17(12(8)18)9(2)10-6-4-3-5-7-10/h3-9,11H,1-2H3/t8-,9+,11-/m0/s1. The van der Waals surface area contributed by atoms with Crippen LogP contribution >= 0.6 is 0 Å². The van der Waals surface area contributed by atoms with Gasteiger partial charge in [0.25, 0.3) is 0 Å². The molecule has 1 saturated heterocycles. The van der Waals surface area contributed by atoms with Crippen molar-refractivity contribution in [3.8, 4) is 0 Å². The van der Waals surface area contributed by atoms with Crippen LogP contribution in [0.25, 0.3) is 0 Å². The maximum Gasteiger partial charge on any atom is 0.409 e. The van der Waals surface area contributed by atoms with E-state index in [4.69, 9.17) is 0 Å². The molecule has 0 N–H and O–H groups in total. The number of alkyl halides is 3. The van der Waals surface area contributed by atoms with Gasteiger partial charge in [-0.1, -0.05) is 37.3 Å². The second-order valence-electron chi connectivity index (χ2n) is 4.61. The zero-order valence-corrected chi connectivity index (χ0v) is 10.1. The summed E-state index contributed by atoms with van der Waals surface area (Å²) in [7, 11) is 0. The highest BCUT2D eigenvalue weighted by atomic mass is 19.4. The van der Waals surface area contributed by atoms with Crippen LogP contribution in [-0.2, 0) is 4.79 Å². The molecule has 0 radical (unpaired) electrons. The molecule has 2 nitrogen and oxygen atoms in total. The Morgan fingerprint density at radius 1 is 1.22 bits per heavy atom. The van der Waals surface area contributed by atoms with Gasteiger partial charge < -0.3 is 4.90 Å². The van der Waals surface area contributed by atoms with Crippen molar-refractivity contribution in [3.05, 3.63) is 35.9 Å². The first kappa shape index (κ1) is 12.9. The summed E-state index contributed by atoms with van der Waals surface area (Å²) in [5.41, 5.74) is 0.715. The van der Waals surface area contributed by atoms with Crippen molar-refractivity contribution in [1.29, 1.82) is 0 Å². The number of hydrogen-bond acceptors (Lipinski definition) is 1. The van der Waals surface area contributed by atoms with Gasteiger partial charge in [-0.25, -0.2) is 0 Å².